The average Bonchev–Trinajstić information content (AvgIpc) is 2.43. The van der Waals surface area contributed by atoms with Gasteiger partial charge in [0.25, 0.3) is 0 Å². The van der Waals surface area contributed by atoms with Crippen LogP contribution in [-0.4, -0.2) is 28.1 Å². The van der Waals surface area contributed by atoms with Crippen molar-refractivity contribution in [1.29, 1.82) is 0 Å². The molecule has 22 heavy (non-hydrogen) atoms. The molecule has 0 aromatic heterocycles. The summed E-state index contributed by atoms with van der Waals surface area (Å²) in [4.78, 5) is 4.78. The highest BCUT2D eigenvalue weighted by Crippen LogP contribution is 2.63. The third kappa shape index (κ3) is 2.26. The lowest BCUT2D eigenvalue weighted by atomic mass is 9.46. The first-order chi connectivity index (χ1) is 10.5. The molecule has 4 fully saturated rings. The van der Waals surface area contributed by atoms with Crippen LogP contribution >= 0.6 is 0 Å². The number of rotatable bonds is 3. The predicted octanol–water partition coefficient (Wildman–Crippen LogP) is 3.53. The van der Waals surface area contributed by atoms with Gasteiger partial charge in [-0.25, -0.2) is 0 Å². The Labute approximate surface area is 132 Å². The zero-order chi connectivity index (χ0) is 15.4. The molecule has 0 amide bonds. The Kier molecular flexibility index (Phi) is 3.12. The van der Waals surface area contributed by atoms with E-state index in [0.717, 1.165) is 24.8 Å². The number of aliphatic imine (C=N–C) groups is 1. The minimum absolute atomic E-state index is 0.166. The molecule has 0 aliphatic heterocycles. The standard InChI is InChI=1S/C19H25NO2/c1-13(20-11-16-4-2-3-5-17(16)21)18-7-14-6-15(8-18)10-19(22,9-14)12-18/h2-5,11,13-15,21-22H,6-10,12H2,1H3/t13-,14-,15+,18?,19?/m1/s1. The molecule has 5 atom stereocenters. The molecule has 4 aliphatic carbocycles. The van der Waals surface area contributed by atoms with E-state index in [1.807, 2.05) is 24.4 Å². The molecule has 4 bridgehead atoms. The van der Waals surface area contributed by atoms with E-state index in [-0.39, 0.29) is 17.2 Å². The van der Waals surface area contributed by atoms with Gasteiger partial charge < -0.3 is 10.2 Å². The summed E-state index contributed by atoms with van der Waals surface area (Å²) in [5.41, 5.74) is 0.514. The first-order valence-corrected chi connectivity index (χ1v) is 8.52. The van der Waals surface area contributed by atoms with Crippen molar-refractivity contribution in [2.24, 2.45) is 22.2 Å². The van der Waals surface area contributed by atoms with E-state index < -0.39 is 5.60 Å². The molecule has 1 aromatic rings. The summed E-state index contributed by atoms with van der Waals surface area (Å²) in [6.45, 7) is 2.19. The van der Waals surface area contributed by atoms with E-state index in [1.165, 1.54) is 19.3 Å². The maximum atomic E-state index is 10.9. The molecule has 0 radical (unpaired) electrons. The van der Waals surface area contributed by atoms with Gasteiger partial charge in [-0.1, -0.05) is 12.1 Å². The minimum atomic E-state index is -0.428. The monoisotopic (exact) mass is 299 g/mol. The molecule has 2 unspecified atom stereocenters. The predicted molar refractivity (Wildman–Crippen MR) is 87.2 cm³/mol. The van der Waals surface area contributed by atoms with Gasteiger partial charge in [0.1, 0.15) is 5.75 Å². The summed E-state index contributed by atoms with van der Waals surface area (Å²) in [5.74, 6) is 1.66. The summed E-state index contributed by atoms with van der Waals surface area (Å²) >= 11 is 0. The van der Waals surface area contributed by atoms with Crippen molar-refractivity contribution in [3.05, 3.63) is 29.8 Å². The Hall–Kier alpha value is -1.35. The maximum Gasteiger partial charge on any atom is 0.124 e. The van der Waals surface area contributed by atoms with E-state index in [9.17, 15) is 10.2 Å². The molecule has 0 spiro atoms. The third-order valence-corrected chi connectivity index (χ3v) is 6.34. The summed E-state index contributed by atoms with van der Waals surface area (Å²) in [6.07, 6.45) is 8.45. The van der Waals surface area contributed by atoms with Gasteiger partial charge in [-0.15, -0.1) is 0 Å². The normalized spacial score (nSPS) is 41.2. The quantitative estimate of drug-likeness (QED) is 0.839. The van der Waals surface area contributed by atoms with Crippen LogP contribution in [0.2, 0.25) is 0 Å². The number of nitrogens with zero attached hydrogens (tertiary/aromatic N) is 1. The molecular weight excluding hydrogens is 274 g/mol. The highest BCUT2D eigenvalue weighted by atomic mass is 16.3. The Balaban J connectivity index is 1.58. The molecule has 3 nitrogen and oxygen atoms in total. The molecule has 1 aromatic carbocycles. The van der Waals surface area contributed by atoms with Crippen molar-refractivity contribution in [2.45, 2.75) is 57.1 Å². The van der Waals surface area contributed by atoms with Crippen molar-refractivity contribution in [2.75, 3.05) is 0 Å². The average molecular weight is 299 g/mol. The lowest BCUT2D eigenvalue weighted by molar-refractivity contribution is -0.168. The molecule has 2 N–H and O–H groups in total. The van der Waals surface area contributed by atoms with Crippen LogP contribution in [0.25, 0.3) is 0 Å². The van der Waals surface area contributed by atoms with Crippen molar-refractivity contribution in [3.63, 3.8) is 0 Å². The van der Waals surface area contributed by atoms with Crippen LogP contribution in [0.5, 0.6) is 5.75 Å². The lowest BCUT2D eigenvalue weighted by Gasteiger charge is -2.61. The molecular formula is C19H25NO2. The molecule has 118 valence electrons. The second-order valence-corrected chi connectivity index (χ2v) is 8.06. The van der Waals surface area contributed by atoms with Crippen LogP contribution < -0.4 is 0 Å². The van der Waals surface area contributed by atoms with Gasteiger partial charge in [-0.05, 0) is 74.8 Å². The molecule has 4 aliphatic rings. The fourth-order valence-corrected chi connectivity index (χ4v) is 5.72. The zero-order valence-corrected chi connectivity index (χ0v) is 13.2. The number of hydrogen-bond acceptors (Lipinski definition) is 3. The summed E-state index contributed by atoms with van der Waals surface area (Å²) in [6, 6.07) is 7.52. The first-order valence-electron chi connectivity index (χ1n) is 8.52. The molecule has 5 rings (SSSR count). The number of benzene rings is 1. The van der Waals surface area contributed by atoms with Gasteiger partial charge in [0, 0.05) is 11.8 Å². The molecule has 0 saturated heterocycles. The maximum absolute atomic E-state index is 10.9. The van der Waals surface area contributed by atoms with Crippen molar-refractivity contribution >= 4 is 6.21 Å². The Morgan fingerprint density at radius 1 is 1.18 bits per heavy atom. The highest BCUT2D eigenvalue weighted by Gasteiger charge is 2.58. The van der Waals surface area contributed by atoms with Crippen molar-refractivity contribution in [3.8, 4) is 5.75 Å². The van der Waals surface area contributed by atoms with E-state index >= 15 is 0 Å². The van der Waals surface area contributed by atoms with Gasteiger partial charge in [0.05, 0.1) is 11.6 Å². The van der Waals surface area contributed by atoms with E-state index in [4.69, 9.17) is 4.99 Å². The van der Waals surface area contributed by atoms with Crippen LogP contribution in [0.3, 0.4) is 0 Å². The lowest BCUT2D eigenvalue weighted by Crippen LogP contribution is -2.58. The van der Waals surface area contributed by atoms with Crippen LogP contribution in [0, 0.1) is 17.3 Å². The molecule has 3 heteroatoms. The fraction of sp³-hybridized carbons (Fsp3) is 0.632. The van der Waals surface area contributed by atoms with Gasteiger partial charge in [0.2, 0.25) is 0 Å². The number of phenolic OH excluding ortho intramolecular Hbond substituents is 1. The van der Waals surface area contributed by atoms with E-state index in [1.54, 1.807) is 6.07 Å². The summed E-state index contributed by atoms with van der Waals surface area (Å²) < 4.78 is 0. The third-order valence-electron chi connectivity index (χ3n) is 6.34. The Bertz CT molecular complexity index is 595. The Morgan fingerprint density at radius 3 is 2.50 bits per heavy atom. The largest absolute Gasteiger partial charge is 0.507 e. The van der Waals surface area contributed by atoms with Gasteiger partial charge in [0.15, 0.2) is 0 Å². The van der Waals surface area contributed by atoms with Crippen LogP contribution in [0.4, 0.5) is 0 Å². The van der Waals surface area contributed by atoms with Crippen molar-refractivity contribution < 1.29 is 10.2 Å². The van der Waals surface area contributed by atoms with E-state index in [0.29, 0.717) is 11.8 Å². The topological polar surface area (TPSA) is 52.8 Å². The highest BCUT2D eigenvalue weighted by molar-refractivity contribution is 5.83. The smallest absolute Gasteiger partial charge is 0.124 e. The van der Waals surface area contributed by atoms with Crippen LogP contribution in [0.15, 0.2) is 29.3 Å². The molecule has 0 heterocycles. The SMILES string of the molecule is C[C@@H](N=Cc1ccccc1O)C12C[C@@H]3C[C@@H](CC(O)(C3)C1)C2. The van der Waals surface area contributed by atoms with Crippen LogP contribution in [0.1, 0.15) is 51.0 Å². The van der Waals surface area contributed by atoms with Gasteiger partial charge >= 0.3 is 0 Å². The summed E-state index contributed by atoms with van der Waals surface area (Å²) in [5, 5.41) is 20.7. The van der Waals surface area contributed by atoms with Gasteiger partial charge in [-0.3, -0.25) is 4.99 Å². The summed E-state index contributed by atoms with van der Waals surface area (Å²) in [7, 11) is 0. The van der Waals surface area contributed by atoms with Crippen molar-refractivity contribution in [1.82, 2.24) is 0 Å². The second kappa shape index (κ2) is 4.82. The fourth-order valence-electron chi connectivity index (χ4n) is 5.72. The number of hydrogen-bond donors (Lipinski definition) is 2. The van der Waals surface area contributed by atoms with Gasteiger partial charge in [-0.2, -0.15) is 0 Å². The number of para-hydroxylation sites is 1. The Morgan fingerprint density at radius 2 is 1.86 bits per heavy atom. The second-order valence-electron chi connectivity index (χ2n) is 8.06. The number of aromatic hydroxyl groups is 1. The number of aliphatic hydroxyl groups is 1. The molecule has 4 saturated carbocycles. The first kappa shape index (κ1) is 14.3. The van der Waals surface area contributed by atoms with E-state index in [2.05, 4.69) is 6.92 Å². The number of phenols is 1. The zero-order valence-electron chi connectivity index (χ0n) is 13.2. The van der Waals surface area contributed by atoms with Crippen LogP contribution in [-0.2, 0) is 0 Å². The minimum Gasteiger partial charge on any atom is -0.507 e.